The number of carbonyl (C=O) groups is 2. The van der Waals surface area contributed by atoms with Crippen LogP contribution in [-0.4, -0.2) is 35.9 Å². The van der Waals surface area contributed by atoms with Crippen molar-refractivity contribution in [1.82, 2.24) is 10.2 Å². The van der Waals surface area contributed by atoms with E-state index in [0.29, 0.717) is 24.5 Å². The van der Waals surface area contributed by atoms with E-state index in [1.54, 1.807) is 4.90 Å². The third kappa shape index (κ3) is 3.82. The number of carbonyl (C=O) groups excluding carboxylic acids is 2. The molecule has 2 N–H and O–H groups in total. The fourth-order valence-electron chi connectivity index (χ4n) is 3.00. The second-order valence-electron chi connectivity index (χ2n) is 6.22. The van der Waals surface area contributed by atoms with E-state index >= 15 is 0 Å². The summed E-state index contributed by atoms with van der Waals surface area (Å²) in [6, 6.07) is 17.5. The smallest absolute Gasteiger partial charge is 0.345 e. The van der Waals surface area contributed by atoms with Crippen LogP contribution in [0.25, 0.3) is 0 Å². The van der Waals surface area contributed by atoms with E-state index in [2.05, 4.69) is 27.8 Å². The molecule has 0 unspecified atom stereocenters. The molecular weight excluding hydrogens is 344 g/mol. The molecule has 2 aliphatic heterocycles. The number of urea groups is 1. The summed E-state index contributed by atoms with van der Waals surface area (Å²) >= 11 is 0. The number of benzene rings is 2. The number of aliphatic imine (C=N–C) groups is 1. The van der Waals surface area contributed by atoms with Crippen molar-refractivity contribution in [2.75, 3.05) is 18.4 Å². The molecule has 2 aromatic carbocycles. The van der Waals surface area contributed by atoms with Crippen LogP contribution >= 0.6 is 0 Å². The van der Waals surface area contributed by atoms with Crippen LogP contribution in [0.15, 0.2) is 71.5 Å². The number of nitrogens with zero attached hydrogens (tertiary/aromatic N) is 2. The Hall–Kier alpha value is -3.61. The van der Waals surface area contributed by atoms with Gasteiger partial charge in [-0.3, -0.25) is 9.69 Å². The fraction of sp³-hybridized carbons (Fsp3) is 0.150. The number of hydrogen-bond donors (Lipinski definition) is 2. The van der Waals surface area contributed by atoms with Crippen molar-refractivity contribution in [2.45, 2.75) is 6.42 Å². The van der Waals surface area contributed by atoms with Crippen LogP contribution in [0.5, 0.6) is 0 Å². The number of amides is 3. The number of anilines is 1. The molecule has 0 atom stereocenters. The first-order valence-corrected chi connectivity index (χ1v) is 8.64. The van der Waals surface area contributed by atoms with Gasteiger partial charge in [-0.2, -0.15) is 0 Å². The predicted octanol–water partition coefficient (Wildman–Crippen LogP) is 2.47. The van der Waals surface area contributed by atoms with E-state index in [9.17, 15) is 9.59 Å². The van der Waals surface area contributed by atoms with E-state index in [-0.39, 0.29) is 11.9 Å². The van der Waals surface area contributed by atoms with Crippen molar-refractivity contribution in [3.05, 3.63) is 77.7 Å². The van der Waals surface area contributed by atoms with E-state index < -0.39 is 6.03 Å². The quantitative estimate of drug-likeness (QED) is 0.875. The Morgan fingerprint density at radius 2 is 1.96 bits per heavy atom. The number of hydrogen-bond acceptors (Lipinski definition) is 4. The minimum absolute atomic E-state index is 0.118. The van der Waals surface area contributed by atoms with Gasteiger partial charge in [0.2, 0.25) is 0 Å². The van der Waals surface area contributed by atoms with Crippen molar-refractivity contribution in [2.24, 2.45) is 4.99 Å². The summed E-state index contributed by atoms with van der Waals surface area (Å²) in [6.45, 7) is 0.796. The van der Waals surface area contributed by atoms with Crippen LogP contribution in [0, 0.1) is 0 Å². The molecule has 0 saturated carbocycles. The lowest BCUT2D eigenvalue weighted by molar-refractivity contribution is -0.113. The predicted molar refractivity (Wildman–Crippen MR) is 101 cm³/mol. The van der Waals surface area contributed by atoms with Crippen LogP contribution in [0.2, 0.25) is 0 Å². The minimum atomic E-state index is -0.476. The van der Waals surface area contributed by atoms with Crippen molar-refractivity contribution in [3.63, 3.8) is 0 Å². The van der Waals surface area contributed by atoms with Gasteiger partial charge in [-0.05, 0) is 29.7 Å². The van der Waals surface area contributed by atoms with Gasteiger partial charge in [0, 0.05) is 18.8 Å². The number of ether oxygens (including phenoxy) is 1. The summed E-state index contributed by atoms with van der Waals surface area (Å²) < 4.78 is 5.27. The summed E-state index contributed by atoms with van der Waals surface area (Å²) in [5.74, 6) is -0.314. The molecule has 0 radical (unpaired) electrons. The van der Waals surface area contributed by atoms with Crippen LogP contribution in [0.3, 0.4) is 0 Å². The number of amidine groups is 1. The van der Waals surface area contributed by atoms with Gasteiger partial charge in [0.25, 0.3) is 5.91 Å². The largest absolute Gasteiger partial charge is 0.431 e. The molecule has 0 aromatic heterocycles. The molecular formula is C20H18N4O3. The molecule has 2 aromatic rings. The average Bonchev–Trinajstić information content (AvgIpc) is 2.96. The zero-order valence-corrected chi connectivity index (χ0v) is 14.5. The van der Waals surface area contributed by atoms with Crippen LogP contribution in [-0.2, 0) is 16.0 Å². The number of fused-ring (bicyclic) bond motifs is 1. The third-order valence-corrected chi connectivity index (χ3v) is 4.28. The minimum Gasteiger partial charge on any atom is -0.431 e. The van der Waals surface area contributed by atoms with Crippen LogP contribution < -0.4 is 10.6 Å². The highest BCUT2D eigenvalue weighted by Gasteiger charge is 2.31. The summed E-state index contributed by atoms with van der Waals surface area (Å²) in [7, 11) is 0. The van der Waals surface area contributed by atoms with E-state index in [1.165, 1.54) is 11.8 Å². The molecule has 0 bridgehead atoms. The normalized spacial score (nSPS) is 15.7. The van der Waals surface area contributed by atoms with Gasteiger partial charge in [0.05, 0.1) is 0 Å². The fourth-order valence-corrected chi connectivity index (χ4v) is 3.00. The first-order valence-electron chi connectivity index (χ1n) is 8.64. The second kappa shape index (κ2) is 7.33. The maximum Gasteiger partial charge on any atom is 0.345 e. The van der Waals surface area contributed by atoms with E-state index in [1.807, 2.05) is 42.5 Å². The van der Waals surface area contributed by atoms with Gasteiger partial charge in [0.15, 0.2) is 0 Å². The lowest BCUT2D eigenvalue weighted by Crippen LogP contribution is -2.34. The lowest BCUT2D eigenvalue weighted by Gasteiger charge is -2.17. The summed E-state index contributed by atoms with van der Waals surface area (Å²) in [4.78, 5) is 29.5. The molecule has 0 fully saturated rings. The zero-order valence-electron chi connectivity index (χ0n) is 14.5. The Morgan fingerprint density at radius 3 is 2.81 bits per heavy atom. The molecule has 0 saturated heterocycles. The Kier molecular flexibility index (Phi) is 4.57. The first kappa shape index (κ1) is 16.8. The zero-order chi connectivity index (χ0) is 18.6. The summed E-state index contributed by atoms with van der Waals surface area (Å²) in [5, 5.41) is 5.49. The van der Waals surface area contributed by atoms with Crippen molar-refractivity contribution < 1.29 is 14.3 Å². The maximum absolute atomic E-state index is 12.7. The highest BCUT2D eigenvalue weighted by molar-refractivity contribution is 6.08. The molecule has 7 nitrogen and oxygen atoms in total. The molecule has 136 valence electrons. The van der Waals surface area contributed by atoms with Gasteiger partial charge in [0.1, 0.15) is 12.0 Å². The third-order valence-electron chi connectivity index (χ3n) is 4.28. The second-order valence-corrected chi connectivity index (χ2v) is 6.22. The Bertz CT molecular complexity index is 937. The Labute approximate surface area is 156 Å². The molecule has 27 heavy (non-hydrogen) atoms. The molecule has 4 rings (SSSR count). The van der Waals surface area contributed by atoms with Gasteiger partial charge >= 0.3 is 12.1 Å². The highest BCUT2D eigenvalue weighted by Crippen LogP contribution is 2.20. The lowest BCUT2D eigenvalue weighted by atomic mass is 10.0. The monoisotopic (exact) mass is 362 g/mol. The van der Waals surface area contributed by atoms with Crippen molar-refractivity contribution >= 4 is 23.6 Å². The molecule has 0 aliphatic carbocycles. The Morgan fingerprint density at radius 1 is 1.15 bits per heavy atom. The Balaban J connectivity index is 1.46. The van der Waals surface area contributed by atoms with E-state index in [4.69, 9.17) is 4.74 Å². The molecule has 0 spiro atoms. The standard InChI is InChI=1S/C20H18N4O3/c25-18(17-13-27-20-23-19(26)21-9-10-24(17)20)22-16-8-4-7-15(12-16)11-14-5-2-1-3-6-14/h1-8,12-13H,9-11H2,(H,21,26)(H,22,25). The summed E-state index contributed by atoms with van der Waals surface area (Å²) in [5.41, 5.74) is 3.32. The van der Waals surface area contributed by atoms with Crippen LogP contribution in [0.1, 0.15) is 11.1 Å². The van der Waals surface area contributed by atoms with Gasteiger partial charge in [-0.25, -0.2) is 4.79 Å². The van der Waals surface area contributed by atoms with Gasteiger partial charge in [-0.15, -0.1) is 4.99 Å². The highest BCUT2D eigenvalue weighted by atomic mass is 16.5. The van der Waals surface area contributed by atoms with Gasteiger partial charge < -0.3 is 15.4 Å². The first-order chi connectivity index (χ1) is 13.2. The molecule has 2 heterocycles. The van der Waals surface area contributed by atoms with Crippen LogP contribution in [0.4, 0.5) is 10.5 Å². The SMILES string of the molecule is O=C1N=C2OC=C(C(=O)Nc3cccc(Cc4ccccc4)c3)N2CCN1. The van der Waals surface area contributed by atoms with Crippen molar-refractivity contribution in [3.8, 4) is 0 Å². The van der Waals surface area contributed by atoms with Gasteiger partial charge in [-0.1, -0.05) is 42.5 Å². The average molecular weight is 362 g/mol. The topological polar surface area (TPSA) is 83.0 Å². The summed E-state index contributed by atoms with van der Waals surface area (Å²) in [6.07, 6.45) is 2.10. The van der Waals surface area contributed by atoms with Crippen molar-refractivity contribution in [1.29, 1.82) is 0 Å². The number of rotatable bonds is 4. The molecule has 2 aliphatic rings. The molecule has 7 heteroatoms. The molecule has 3 amide bonds. The number of nitrogens with one attached hydrogen (secondary N) is 2. The van der Waals surface area contributed by atoms with E-state index in [0.717, 1.165) is 12.0 Å². The maximum atomic E-state index is 12.7.